The maximum Gasteiger partial charge on any atom is 0.307 e. The molecule has 4 nitrogen and oxygen atoms in total. The second-order valence-electron chi connectivity index (χ2n) is 5.06. The summed E-state index contributed by atoms with van der Waals surface area (Å²) in [7, 11) is 1.75. The van der Waals surface area contributed by atoms with Crippen molar-refractivity contribution in [1.82, 2.24) is 4.90 Å². The first kappa shape index (κ1) is 13.0. The van der Waals surface area contributed by atoms with Gasteiger partial charge < -0.3 is 9.64 Å². The zero-order valence-corrected chi connectivity index (χ0v) is 10.6. The fourth-order valence-electron chi connectivity index (χ4n) is 1.76. The molecule has 0 heterocycles. The van der Waals surface area contributed by atoms with E-state index in [-0.39, 0.29) is 29.6 Å². The van der Waals surface area contributed by atoms with E-state index in [0.29, 0.717) is 13.2 Å². The summed E-state index contributed by atoms with van der Waals surface area (Å²) in [4.78, 5) is 24.6. The summed E-state index contributed by atoms with van der Waals surface area (Å²) in [6, 6.07) is 0. The lowest BCUT2D eigenvalue weighted by atomic mass is 10.1. The van der Waals surface area contributed by atoms with Crippen LogP contribution in [0.4, 0.5) is 0 Å². The van der Waals surface area contributed by atoms with E-state index in [1.54, 1.807) is 18.9 Å². The molecule has 1 atom stereocenters. The quantitative estimate of drug-likeness (QED) is 0.668. The highest BCUT2D eigenvalue weighted by atomic mass is 16.5. The standard InChI is InChI=1S/C12H21NO3/c1-5-16-10(14)6-7-13(4)11(15)9-8-12(9,2)3/h9H,5-8H2,1-4H3. The average molecular weight is 227 g/mol. The monoisotopic (exact) mass is 227 g/mol. The molecule has 0 aromatic heterocycles. The van der Waals surface area contributed by atoms with Crippen LogP contribution in [0.5, 0.6) is 0 Å². The van der Waals surface area contributed by atoms with Gasteiger partial charge in [-0.2, -0.15) is 0 Å². The van der Waals surface area contributed by atoms with Crippen molar-refractivity contribution in [1.29, 1.82) is 0 Å². The van der Waals surface area contributed by atoms with Crippen molar-refractivity contribution in [3.63, 3.8) is 0 Å². The number of ether oxygens (including phenoxy) is 1. The van der Waals surface area contributed by atoms with E-state index in [4.69, 9.17) is 4.74 Å². The molecule has 1 aliphatic carbocycles. The first-order valence-electron chi connectivity index (χ1n) is 5.79. The number of carbonyl (C=O) groups is 2. The number of amides is 1. The number of hydrogen-bond acceptors (Lipinski definition) is 3. The first-order valence-corrected chi connectivity index (χ1v) is 5.79. The van der Waals surface area contributed by atoms with E-state index in [1.165, 1.54) is 0 Å². The fourth-order valence-corrected chi connectivity index (χ4v) is 1.76. The minimum Gasteiger partial charge on any atom is -0.466 e. The highest BCUT2D eigenvalue weighted by Crippen LogP contribution is 2.52. The smallest absolute Gasteiger partial charge is 0.307 e. The molecule has 0 N–H and O–H groups in total. The van der Waals surface area contributed by atoms with Crippen molar-refractivity contribution in [2.45, 2.75) is 33.6 Å². The van der Waals surface area contributed by atoms with Crippen LogP contribution in [0, 0.1) is 11.3 Å². The van der Waals surface area contributed by atoms with Crippen LogP contribution in [0.3, 0.4) is 0 Å². The molecule has 1 amide bonds. The van der Waals surface area contributed by atoms with Gasteiger partial charge in [-0.15, -0.1) is 0 Å². The molecule has 0 aliphatic heterocycles. The lowest BCUT2D eigenvalue weighted by Gasteiger charge is -2.17. The van der Waals surface area contributed by atoms with Crippen LogP contribution in [0.2, 0.25) is 0 Å². The summed E-state index contributed by atoms with van der Waals surface area (Å²) in [5, 5.41) is 0. The zero-order chi connectivity index (χ0) is 12.3. The van der Waals surface area contributed by atoms with Gasteiger partial charge in [0.05, 0.1) is 13.0 Å². The average Bonchev–Trinajstić information content (AvgIpc) is 2.83. The molecule has 92 valence electrons. The third-order valence-corrected chi connectivity index (χ3v) is 3.14. The van der Waals surface area contributed by atoms with E-state index in [2.05, 4.69) is 13.8 Å². The maximum absolute atomic E-state index is 11.9. The molecule has 1 fully saturated rings. The molecule has 0 saturated heterocycles. The summed E-state index contributed by atoms with van der Waals surface area (Å²) in [6.45, 7) is 6.80. The molecule has 1 unspecified atom stereocenters. The minimum atomic E-state index is -0.239. The number of rotatable bonds is 5. The maximum atomic E-state index is 11.9. The van der Waals surface area contributed by atoms with Gasteiger partial charge in [0, 0.05) is 19.5 Å². The summed E-state index contributed by atoms with van der Waals surface area (Å²) < 4.78 is 4.81. The Morgan fingerprint density at radius 1 is 1.44 bits per heavy atom. The predicted molar refractivity (Wildman–Crippen MR) is 60.8 cm³/mol. The van der Waals surface area contributed by atoms with Crippen LogP contribution in [0.25, 0.3) is 0 Å². The highest BCUT2D eigenvalue weighted by molar-refractivity contribution is 5.82. The summed E-state index contributed by atoms with van der Waals surface area (Å²) in [5.74, 6) is 0.0474. The van der Waals surface area contributed by atoms with Gasteiger partial charge in [0.15, 0.2) is 0 Å². The summed E-state index contributed by atoms with van der Waals surface area (Å²) >= 11 is 0. The molecular formula is C12H21NO3. The molecule has 0 spiro atoms. The Morgan fingerprint density at radius 2 is 2.00 bits per heavy atom. The Bertz CT molecular complexity index is 286. The van der Waals surface area contributed by atoms with Gasteiger partial charge in [0.2, 0.25) is 5.91 Å². The number of hydrogen-bond donors (Lipinski definition) is 0. The minimum absolute atomic E-state index is 0.139. The van der Waals surface area contributed by atoms with Gasteiger partial charge >= 0.3 is 5.97 Å². The van der Waals surface area contributed by atoms with Gasteiger partial charge in [0.25, 0.3) is 0 Å². The Labute approximate surface area is 96.9 Å². The van der Waals surface area contributed by atoms with Crippen molar-refractivity contribution < 1.29 is 14.3 Å². The molecular weight excluding hydrogens is 206 g/mol. The molecule has 0 aromatic rings. The van der Waals surface area contributed by atoms with Crippen LogP contribution in [-0.4, -0.2) is 37.0 Å². The van der Waals surface area contributed by atoms with E-state index >= 15 is 0 Å². The van der Waals surface area contributed by atoms with Crippen LogP contribution < -0.4 is 0 Å². The van der Waals surface area contributed by atoms with Crippen molar-refractivity contribution in [3.8, 4) is 0 Å². The van der Waals surface area contributed by atoms with E-state index in [0.717, 1.165) is 6.42 Å². The molecule has 1 aliphatic rings. The largest absolute Gasteiger partial charge is 0.466 e. The highest BCUT2D eigenvalue weighted by Gasteiger charge is 2.51. The van der Waals surface area contributed by atoms with E-state index in [9.17, 15) is 9.59 Å². The second kappa shape index (κ2) is 4.85. The molecule has 1 rings (SSSR count). The molecule has 1 saturated carbocycles. The Kier molecular flexibility index (Phi) is 3.94. The predicted octanol–water partition coefficient (Wildman–Crippen LogP) is 1.44. The Balaban J connectivity index is 2.28. The summed E-state index contributed by atoms with van der Waals surface area (Å²) in [6.07, 6.45) is 1.23. The van der Waals surface area contributed by atoms with Gasteiger partial charge in [0.1, 0.15) is 0 Å². The molecule has 16 heavy (non-hydrogen) atoms. The summed E-state index contributed by atoms with van der Waals surface area (Å²) in [5.41, 5.74) is 0.148. The van der Waals surface area contributed by atoms with Crippen LogP contribution in [0.1, 0.15) is 33.6 Å². The lowest BCUT2D eigenvalue weighted by molar-refractivity contribution is -0.144. The topological polar surface area (TPSA) is 46.6 Å². The third kappa shape index (κ3) is 3.22. The molecule has 0 radical (unpaired) electrons. The zero-order valence-electron chi connectivity index (χ0n) is 10.6. The Morgan fingerprint density at radius 3 is 2.44 bits per heavy atom. The Hall–Kier alpha value is -1.06. The van der Waals surface area contributed by atoms with E-state index < -0.39 is 0 Å². The van der Waals surface area contributed by atoms with Crippen LogP contribution in [-0.2, 0) is 14.3 Å². The molecule has 0 bridgehead atoms. The SMILES string of the molecule is CCOC(=O)CCN(C)C(=O)C1CC1(C)C. The van der Waals surface area contributed by atoms with Gasteiger partial charge in [-0.1, -0.05) is 13.8 Å². The van der Waals surface area contributed by atoms with Crippen LogP contribution >= 0.6 is 0 Å². The number of esters is 1. The number of nitrogens with zero attached hydrogens (tertiary/aromatic N) is 1. The lowest BCUT2D eigenvalue weighted by Crippen LogP contribution is -2.31. The first-order chi connectivity index (χ1) is 7.38. The van der Waals surface area contributed by atoms with Crippen molar-refractivity contribution >= 4 is 11.9 Å². The van der Waals surface area contributed by atoms with Gasteiger partial charge in [-0.25, -0.2) is 0 Å². The normalized spacial score (nSPS) is 21.4. The van der Waals surface area contributed by atoms with Gasteiger partial charge in [-0.3, -0.25) is 9.59 Å². The van der Waals surface area contributed by atoms with Gasteiger partial charge in [-0.05, 0) is 18.8 Å². The molecule has 0 aromatic carbocycles. The van der Waals surface area contributed by atoms with Crippen LogP contribution in [0.15, 0.2) is 0 Å². The third-order valence-electron chi connectivity index (χ3n) is 3.14. The second-order valence-corrected chi connectivity index (χ2v) is 5.06. The fraction of sp³-hybridized carbons (Fsp3) is 0.833. The number of carbonyl (C=O) groups excluding carboxylic acids is 2. The molecule has 4 heteroatoms. The van der Waals surface area contributed by atoms with Crippen molar-refractivity contribution in [2.24, 2.45) is 11.3 Å². The van der Waals surface area contributed by atoms with Crippen molar-refractivity contribution in [3.05, 3.63) is 0 Å². The van der Waals surface area contributed by atoms with E-state index in [1.807, 2.05) is 0 Å². The van der Waals surface area contributed by atoms with Crippen molar-refractivity contribution in [2.75, 3.05) is 20.2 Å².